The molecule has 10 aromatic rings. The zero-order valence-corrected chi connectivity index (χ0v) is 34.6. The predicted molar refractivity (Wildman–Crippen MR) is 234 cm³/mol. The van der Waals surface area contributed by atoms with E-state index < -0.39 is 0 Å². The average Bonchev–Trinajstić information content (AvgIpc) is 3.79. The van der Waals surface area contributed by atoms with Crippen molar-refractivity contribution < 1.29 is 26.2 Å². The Morgan fingerprint density at radius 2 is 1.17 bits per heavy atom. The Balaban J connectivity index is 0.00000436. The number of phenols is 1. The molecule has 7 aromatic carbocycles. The molecule has 0 fully saturated rings. The number of nitrogens with zero attached hydrogens (tertiary/aromatic N) is 4. The molecular weight excluding hydrogens is 892 g/mol. The third-order valence-electron chi connectivity index (χ3n) is 10.9. The topological polar surface area (TPSA) is 55.9 Å². The van der Waals surface area contributed by atoms with Crippen LogP contribution in [0.2, 0.25) is 0 Å². The van der Waals surface area contributed by atoms with Crippen LogP contribution in [0.4, 0.5) is 0 Å². The normalized spacial score (nSPS) is 11.6. The van der Waals surface area contributed by atoms with Gasteiger partial charge in [-0.1, -0.05) is 135 Å². The van der Waals surface area contributed by atoms with E-state index in [1.54, 1.807) is 0 Å². The number of phenolic OH excluding ortho intramolecular Hbond substituents is 1. The monoisotopic (exact) mass is 930 g/mol. The van der Waals surface area contributed by atoms with Gasteiger partial charge in [0.25, 0.3) is 0 Å². The number of para-hydroxylation sites is 4. The van der Waals surface area contributed by atoms with E-state index in [0.717, 1.165) is 77.7 Å². The maximum absolute atomic E-state index is 12.1. The first kappa shape index (κ1) is 37.0. The van der Waals surface area contributed by atoms with Gasteiger partial charge in [-0.15, -0.1) is 29.3 Å². The second-order valence-corrected chi connectivity index (χ2v) is 15.6. The van der Waals surface area contributed by atoms with E-state index in [0.29, 0.717) is 11.4 Å². The molecule has 3 aromatic heterocycles. The first-order chi connectivity index (χ1) is 27.8. The summed E-state index contributed by atoms with van der Waals surface area (Å²) in [6, 6.07) is 62.1. The number of aromatic nitrogens is 4. The van der Waals surface area contributed by atoms with E-state index >= 15 is 0 Å². The van der Waals surface area contributed by atoms with E-state index in [2.05, 4.69) is 157 Å². The summed E-state index contributed by atoms with van der Waals surface area (Å²) in [5.74, 6) is 0.813. The van der Waals surface area contributed by atoms with Gasteiger partial charge < -0.3 is 9.67 Å². The van der Waals surface area contributed by atoms with Crippen LogP contribution in [0.1, 0.15) is 26.3 Å². The van der Waals surface area contributed by atoms with Gasteiger partial charge in [-0.2, -0.15) is 0 Å². The van der Waals surface area contributed by atoms with Crippen LogP contribution in [0.15, 0.2) is 176 Å². The minimum Gasteiger partial charge on any atom is -0.507 e. The van der Waals surface area contributed by atoms with Gasteiger partial charge in [0.15, 0.2) is 0 Å². The number of hydrogen-bond donors (Lipinski definition) is 1. The summed E-state index contributed by atoms with van der Waals surface area (Å²) in [6.45, 7) is 6.71. The van der Waals surface area contributed by atoms with Crippen LogP contribution in [0.25, 0.3) is 89.1 Å². The summed E-state index contributed by atoms with van der Waals surface area (Å²) in [5, 5.41) is 14.2. The van der Waals surface area contributed by atoms with Crippen molar-refractivity contribution in [3.05, 3.63) is 188 Å². The van der Waals surface area contributed by atoms with Crippen LogP contribution >= 0.6 is 0 Å². The van der Waals surface area contributed by atoms with Gasteiger partial charge in [-0.3, -0.25) is 9.55 Å². The van der Waals surface area contributed by atoms with Crippen LogP contribution in [-0.2, 0) is 26.5 Å². The fourth-order valence-electron chi connectivity index (χ4n) is 8.05. The second-order valence-electron chi connectivity index (χ2n) is 15.6. The molecule has 0 unspecified atom stereocenters. The zero-order valence-electron chi connectivity index (χ0n) is 32.3. The van der Waals surface area contributed by atoms with Gasteiger partial charge in [0.1, 0.15) is 11.6 Å². The summed E-state index contributed by atoms with van der Waals surface area (Å²) in [7, 11) is 0. The fraction of sp³-hybridized carbons (Fsp3) is 0.0769. The Bertz CT molecular complexity index is 3110. The van der Waals surface area contributed by atoms with E-state index in [9.17, 15) is 5.11 Å². The molecule has 3 heterocycles. The maximum atomic E-state index is 12.1. The van der Waals surface area contributed by atoms with E-state index in [1.807, 2.05) is 54.7 Å². The van der Waals surface area contributed by atoms with Crippen molar-refractivity contribution in [2.45, 2.75) is 26.2 Å². The number of hydrogen-bond acceptors (Lipinski definition) is 3. The van der Waals surface area contributed by atoms with Crippen molar-refractivity contribution in [1.29, 1.82) is 0 Å². The molecule has 5 nitrogen and oxygen atoms in total. The SMILES string of the molecule is CC(C)(C)c1cc(-c2cc(-c3ccccc3)ccn2)[c-]c(-c2cccc3c2nc(-c2cc4c5ccccc5n(-c5ccccc5)c4cc2O)n3-c2ccccc2)c1.[Pt]. The molecular formula is C52H39N4OPt-. The number of aromatic hydroxyl groups is 1. The van der Waals surface area contributed by atoms with Crippen molar-refractivity contribution in [3.63, 3.8) is 0 Å². The average molecular weight is 931 g/mol. The molecule has 0 aliphatic heterocycles. The number of imidazole rings is 1. The standard InChI is InChI=1S/C52H39N4O.Pt/c1-52(2,3)38-29-36(28-37(30-38)45-31-35(26-27-53-45)34-16-7-4-8-17-34)41-23-15-25-47-50(41)54-51(56(47)40-20-11-6-12-21-40)44-32-43-42-22-13-14-24-46(42)55(48(43)33-49(44)57)39-18-9-5-10-19-39;/h4-27,29-33,57H,1-3H3;/q-1;. The summed E-state index contributed by atoms with van der Waals surface area (Å²) >= 11 is 0. The minimum absolute atomic E-state index is 0. The predicted octanol–water partition coefficient (Wildman–Crippen LogP) is 13.0. The van der Waals surface area contributed by atoms with E-state index in [1.165, 1.54) is 5.56 Å². The summed E-state index contributed by atoms with van der Waals surface area (Å²) in [6.07, 6.45) is 1.88. The molecule has 0 aliphatic carbocycles. The van der Waals surface area contributed by atoms with Crippen LogP contribution in [-0.4, -0.2) is 24.2 Å². The Labute approximate surface area is 352 Å². The molecule has 10 rings (SSSR count). The Hall–Kier alpha value is -6.55. The molecule has 0 aliphatic rings. The fourth-order valence-corrected chi connectivity index (χ4v) is 8.05. The summed E-state index contributed by atoms with van der Waals surface area (Å²) < 4.78 is 4.38. The Morgan fingerprint density at radius 3 is 1.90 bits per heavy atom. The number of fused-ring (bicyclic) bond motifs is 4. The molecule has 0 amide bonds. The Morgan fingerprint density at radius 1 is 0.534 bits per heavy atom. The van der Waals surface area contributed by atoms with Gasteiger partial charge in [0, 0.05) is 61.2 Å². The molecule has 0 saturated carbocycles. The van der Waals surface area contributed by atoms with E-state index in [4.69, 9.17) is 9.97 Å². The molecule has 0 spiro atoms. The van der Waals surface area contributed by atoms with Crippen molar-refractivity contribution >= 4 is 32.8 Å². The van der Waals surface area contributed by atoms with Crippen molar-refractivity contribution in [2.24, 2.45) is 0 Å². The first-order valence-electron chi connectivity index (χ1n) is 19.3. The molecule has 0 atom stereocenters. The molecule has 0 saturated heterocycles. The summed E-state index contributed by atoms with van der Waals surface area (Å²) in [4.78, 5) is 10.3. The maximum Gasteiger partial charge on any atom is 0.148 e. The van der Waals surface area contributed by atoms with Crippen LogP contribution in [0.3, 0.4) is 0 Å². The van der Waals surface area contributed by atoms with Crippen molar-refractivity contribution in [3.8, 4) is 62.0 Å². The molecule has 0 bridgehead atoms. The van der Waals surface area contributed by atoms with Crippen LogP contribution < -0.4 is 0 Å². The quantitative estimate of drug-likeness (QED) is 0.169. The third kappa shape index (κ3) is 6.42. The first-order valence-corrected chi connectivity index (χ1v) is 19.3. The van der Waals surface area contributed by atoms with Gasteiger partial charge in [-0.25, -0.2) is 4.98 Å². The molecule has 1 N–H and O–H groups in total. The van der Waals surface area contributed by atoms with Gasteiger partial charge in [-0.05, 0) is 65.1 Å². The molecule has 284 valence electrons. The number of benzene rings is 7. The van der Waals surface area contributed by atoms with Gasteiger partial charge >= 0.3 is 0 Å². The van der Waals surface area contributed by atoms with Gasteiger partial charge in [0.2, 0.25) is 0 Å². The van der Waals surface area contributed by atoms with Crippen molar-refractivity contribution in [1.82, 2.24) is 19.1 Å². The van der Waals surface area contributed by atoms with Crippen molar-refractivity contribution in [2.75, 3.05) is 0 Å². The van der Waals surface area contributed by atoms with E-state index in [-0.39, 0.29) is 32.2 Å². The third-order valence-corrected chi connectivity index (χ3v) is 10.9. The van der Waals surface area contributed by atoms with Gasteiger partial charge in [0.05, 0.1) is 27.6 Å². The van der Waals surface area contributed by atoms with Crippen LogP contribution in [0.5, 0.6) is 5.75 Å². The summed E-state index contributed by atoms with van der Waals surface area (Å²) in [5.41, 5.74) is 13.3. The molecule has 58 heavy (non-hydrogen) atoms. The zero-order chi connectivity index (χ0) is 38.7. The second kappa shape index (κ2) is 14.8. The Kier molecular flexibility index (Phi) is 9.42. The largest absolute Gasteiger partial charge is 0.507 e. The number of rotatable bonds is 6. The molecule has 6 heteroatoms. The number of pyridine rings is 1. The smallest absolute Gasteiger partial charge is 0.148 e. The molecule has 0 radical (unpaired) electrons. The van der Waals surface area contributed by atoms with Crippen LogP contribution in [0, 0.1) is 6.07 Å². The minimum atomic E-state index is -0.141.